The van der Waals surface area contributed by atoms with E-state index in [0.717, 1.165) is 9.63 Å². The van der Waals surface area contributed by atoms with Crippen molar-refractivity contribution < 1.29 is 36.3 Å². The molecule has 1 amide bonds. The van der Waals surface area contributed by atoms with Crippen LogP contribution in [-0.4, -0.2) is 53.5 Å². The summed E-state index contributed by atoms with van der Waals surface area (Å²) in [7, 11) is -3.87. The lowest BCUT2D eigenvalue weighted by molar-refractivity contribution is -0.904. The Kier molecular flexibility index (Phi) is 7.91. The van der Waals surface area contributed by atoms with Gasteiger partial charge in [-0.05, 0) is 12.5 Å². The van der Waals surface area contributed by atoms with E-state index in [1.807, 2.05) is 0 Å². The first-order chi connectivity index (χ1) is 14.4. The zero-order valence-electron chi connectivity index (χ0n) is 16.1. The summed E-state index contributed by atoms with van der Waals surface area (Å²) in [4.78, 5) is 13.7. The zero-order valence-corrected chi connectivity index (χ0v) is 17.7. The van der Waals surface area contributed by atoms with Crippen LogP contribution >= 0.6 is 11.6 Å². The summed E-state index contributed by atoms with van der Waals surface area (Å²) in [6.45, 7) is -0.229. The molecule has 0 aliphatic carbocycles. The second-order valence-electron chi connectivity index (χ2n) is 6.50. The molecule has 0 atom stereocenters. The number of amides is 1. The van der Waals surface area contributed by atoms with E-state index < -0.39 is 52.7 Å². The normalized spacial score (nSPS) is 11.8. The number of carbonyl (C=O) groups excluding carboxylic acids is 1. The van der Waals surface area contributed by atoms with Gasteiger partial charge in [0.2, 0.25) is 18.3 Å². The Morgan fingerprint density at radius 2 is 2.10 bits per heavy atom. The Morgan fingerprint density at radius 1 is 1.39 bits per heavy atom. The average molecular weight is 480 g/mol. The third kappa shape index (κ3) is 7.45. The monoisotopic (exact) mass is 479 g/mol. The molecule has 0 aromatic carbocycles. The van der Waals surface area contributed by atoms with Crippen molar-refractivity contribution in [3.8, 4) is 18.0 Å². The van der Waals surface area contributed by atoms with Crippen molar-refractivity contribution in [1.82, 2.24) is 9.78 Å². The summed E-state index contributed by atoms with van der Waals surface area (Å²) in [6.07, 6.45) is 2.66. The molecule has 2 aromatic heterocycles. The van der Waals surface area contributed by atoms with Crippen LogP contribution in [0.5, 0.6) is 0 Å². The molecule has 2 heterocycles. The van der Waals surface area contributed by atoms with Crippen LogP contribution in [0.25, 0.3) is 5.69 Å². The summed E-state index contributed by atoms with van der Waals surface area (Å²) in [5.41, 5.74) is 0.533. The first-order valence-corrected chi connectivity index (χ1v) is 11.1. The highest BCUT2D eigenvalue weighted by molar-refractivity contribution is 7.91. The van der Waals surface area contributed by atoms with Crippen LogP contribution in [-0.2, 0) is 14.6 Å². The van der Waals surface area contributed by atoms with Crippen molar-refractivity contribution in [2.24, 2.45) is 0 Å². The van der Waals surface area contributed by atoms with Crippen LogP contribution in [0.2, 0.25) is 5.15 Å². The number of carbonyl (C=O) groups is 1. The second kappa shape index (κ2) is 10.0. The highest BCUT2D eigenvalue weighted by Crippen LogP contribution is 2.26. The number of aromatic nitrogens is 3. The van der Waals surface area contributed by atoms with Crippen LogP contribution in [0.3, 0.4) is 0 Å². The summed E-state index contributed by atoms with van der Waals surface area (Å²) < 4.78 is 62.6. The van der Waals surface area contributed by atoms with Crippen molar-refractivity contribution in [3.05, 3.63) is 35.9 Å². The van der Waals surface area contributed by atoms with Gasteiger partial charge in [-0.1, -0.05) is 17.5 Å². The molecule has 31 heavy (non-hydrogen) atoms. The van der Waals surface area contributed by atoms with E-state index in [-0.39, 0.29) is 17.4 Å². The number of anilines is 1. The van der Waals surface area contributed by atoms with E-state index in [1.54, 1.807) is 12.1 Å². The number of hydrogen-bond donors (Lipinski definition) is 1. The van der Waals surface area contributed by atoms with Gasteiger partial charge in [0.05, 0.1) is 24.2 Å². The number of pyridine rings is 1. The number of rotatable bonds is 9. The lowest BCUT2D eigenvalue weighted by atomic mass is 10.3. The maximum Gasteiger partial charge on any atom is 0.389 e. The van der Waals surface area contributed by atoms with Gasteiger partial charge >= 0.3 is 6.18 Å². The maximum absolute atomic E-state index is 12.6. The van der Waals surface area contributed by atoms with E-state index >= 15 is 0 Å². The lowest BCUT2D eigenvalue weighted by Crippen LogP contribution is -2.33. The van der Waals surface area contributed by atoms with Gasteiger partial charge in [-0.3, -0.25) is 14.9 Å². The molecule has 0 radical (unpaired) electrons. The molecule has 0 aliphatic heterocycles. The minimum atomic E-state index is -4.44. The minimum absolute atomic E-state index is 0.0926. The van der Waals surface area contributed by atoms with Gasteiger partial charge in [-0.2, -0.15) is 18.3 Å². The van der Waals surface area contributed by atoms with Crippen molar-refractivity contribution in [1.29, 1.82) is 0 Å². The molecule has 2 aromatic rings. The lowest BCUT2D eigenvalue weighted by Gasteiger charge is -2.18. The molecule has 2 rings (SSSR count). The number of halogens is 4. The fourth-order valence-electron chi connectivity index (χ4n) is 2.62. The molecular formula is C18H19ClF3N4O4S+. The van der Waals surface area contributed by atoms with Crippen molar-refractivity contribution in [3.63, 3.8) is 0 Å². The molecule has 0 spiro atoms. The standard InChI is InChI=1S/C18H19ClF3N4O4S/c1-2-8-25(16(27)6-11-31(29,30)10-4-7-18(20,21)22)15-13-26(23-17(15)19)14-5-3-9-24(28)12-14/h1,3,5,9,12-13,28H,4,6-8,10-11H2/q+1. The Morgan fingerprint density at radius 3 is 2.71 bits per heavy atom. The van der Waals surface area contributed by atoms with Gasteiger partial charge in [-0.15, -0.1) is 6.42 Å². The predicted octanol–water partition coefficient (Wildman–Crippen LogP) is 2.16. The van der Waals surface area contributed by atoms with E-state index in [9.17, 15) is 31.6 Å². The predicted molar refractivity (Wildman–Crippen MR) is 106 cm³/mol. The van der Waals surface area contributed by atoms with Gasteiger partial charge in [-0.25, -0.2) is 13.1 Å². The second-order valence-corrected chi connectivity index (χ2v) is 9.16. The largest absolute Gasteiger partial charge is 0.389 e. The smallest absolute Gasteiger partial charge is 0.296 e. The Bertz CT molecular complexity index is 1080. The zero-order chi connectivity index (χ0) is 23.2. The highest BCUT2D eigenvalue weighted by Gasteiger charge is 2.28. The Labute approximate surface area is 181 Å². The van der Waals surface area contributed by atoms with E-state index in [1.165, 1.54) is 23.3 Å². The molecule has 0 bridgehead atoms. The van der Waals surface area contributed by atoms with Crippen LogP contribution in [0.1, 0.15) is 19.3 Å². The van der Waals surface area contributed by atoms with Gasteiger partial charge in [0, 0.05) is 23.6 Å². The number of alkyl halides is 3. The van der Waals surface area contributed by atoms with Crippen molar-refractivity contribution >= 4 is 33.0 Å². The third-order valence-corrected chi connectivity index (χ3v) is 6.08. The van der Waals surface area contributed by atoms with Crippen molar-refractivity contribution in [2.75, 3.05) is 23.0 Å². The molecule has 0 saturated heterocycles. The summed E-state index contributed by atoms with van der Waals surface area (Å²) >= 11 is 6.12. The molecule has 8 nitrogen and oxygen atoms in total. The molecule has 0 saturated carbocycles. The number of sulfone groups is 1. The molecule has 1 N–H and O–H groups in total. The molecule has 0 fully saturated rings. The van der Waals surface area contributed by atoms with Crippen molar-refractivity contribution in [2.45, 2.75) is 25.4 Å². The fourth-order valence-corrected chi connectivity index (χ4v) is 4.12. The quantitative estimate of drug-likeness (QED) is 0.338. The van der Waals surface area contributed by atoms with E-state index in [4.69, 9.17) is 18.0 Å². The summed E-state index contributed by atoms with van der Waals surface area (Å²) in [5.74, 6) is 0.292. The number of nitrogens with zero attached hydrogens (tertiary/aromatic N) is 4. The van der Waals surface area contributed by atoms with Crippen LogP contribution in [0.15, 0.2) is 30.7 Å². The summed E-state index contributed by atoms with van der Waals surface area (Å²) in [6, 6.07) is 3.15. The highest BCUT2D eigenvalue weighted by atomic mass is 35.5. The topological polar surface area (TPSA) is 96.4 Å². The molecule has 13 heteroatoms. The molecule has 0 aliphatic rings. The van der Waals surface area contributed by atoms with Gasteiger partial charge < -0.3 is 0 Å². The van der Waals surface area contributed by atoms with Crippen LogP contribution in [0.4, 0.5) is 18.9 Å². The van der Waals surface area contributed by atoms with Crippen LogP contribution < -0.4 is 9.63 Å². The third-order valence-electron chi connectivity index (χ3n) is 4.07. The summed E-state index contributed by atoms with van der Waals surface area (Å²) in [5, 5.41) is 13.5. The average Bonchev–Trinajstić information content (AvgIpc) is 3.04. The number of terminal acetylenes is 1. The van der Waals surface area contributed by atoms with Gasteiger partial charge in [0.1, 0.15) is 11.4 Å². The Hall–Kier alpha value is -2.78. The first kappa shape index (κ1) is 24.5. The number of hydrogen-bond acceptors (Lipinski definition) is 5. The van der Waals surface area contributed by atoms with Crippen LogP contribution in [0, 0.1) is 12.3 Å². The molecule has 0 unspecified atom stereocenters. The van der Waals surface area contributed by atoms with Gasteiger partial charge in [0.25, 0.3) is 0 Å². The Balaban J connectivity index is 2.12. The van der Waals surface area contributed by atoms with Gasteiger partial charge in [0.15, 0.2) is 15.0 Å². The fraction of sp³-hybridized carbons (Fsp3) is 0.389. The first-order valence-electron chi connectivity index (χ1n) is 8.89. The molecule has 168 valence electrons. The van der Waals surface area contributed by atoms with E-state index in [0.29, 0.717) is 5.69 Å². The maximum atomic E-state index is 12.6. The SMILES string of the molecule is C#CCN(C(=O)CCS(=O)(=O)CCCC(F)(F)F)c1cn(-c2ccc[n+](O)c2)nc1Cl. The minimum Gasteiger partial charge on any atom is -0.296 e. The van der Waals surface area contributed by atoms with E-state index in [2.05, 4.69) is 11.0 Å². The molecular weight excluding hydrogens is 461 g/mol.